The predicted octanol–water partition coefficient (Wildman–Crippen LogP) is 2.68. The number of anilines is 1. The SMILES string of the molecule is Clc1ccc2c(c1)CC1(CCNCC1)CN2. The van der Waals surface area contributed by atoms with Crippen LogP contribution in [0.2, 0.25) is 5.02 Å². The molecule has 16 heavy (non-hydrogen) atoms. The van der Waals surface area contributed by atoms with Crippen LogP contribution in [-0.4, -0.2) is 19.6 Å². The Balaban J connectivity index is 1.89. The molecule has 2 aliphatic heterocycles. The first-order valence-electron chi connectivity index (χ1n) is 6.01. The zero-order valence-electron chi connectivity index (χ0n) is 9.35. The monoisotopic (exact) mass is 236 g/mol. The van der Waals surface area contributed by atoms with Crippen LogP contribution in [0.1, 0.15) is 18.4 Å². The average Bonchev–Trinajstić information content (AvgIpc) is 2.29. The molecular weight excluding hydrogens is 220 g/mol. The molecule has 0 amide bonds. The summed E-state index contributed by atoms with van der Waals surface area (Å²) >= 11 is 6.06. The van der Waals surface area contributed by atoms with Crippen molar-refractivity contribution in [2.75, 3.05) is 25.0 Å². The van der Waals surface area contributed by atoms with Gasteiger partial charge in [0.05, 0.1) is 0 Å². The number of halogens is 1. The molecule has 1 aromatic rings. The van der Waals surface area contributed by atoms with Crippen molar-refractivity contribution < 1.29 is 0 Å². The van der Waals surface area contributed by atoms with Crippen LogP contribution in [-0.2, 0) is 6.42 Å². The Hall–Kier alpha value is -0.730. The summed E-state index contributed by atoms with van der Waals surface area (Å²) in [5.74, 6) is 0. The molecule has 0 aliphatic carbocycles. The van der Waals surface area contributed by atoms with Crippen LogP contribution in [0.4, 0.5) is 5.69 Å². The van der Waals surface area contributed by atoms with E-state index in [1.54, 1.807) is 0 Å². The Morgan fingerprint density at radius 2 is 2.00 bits per heavy atom. The van der Waals surface area contributed by atoms with Gasteiger partial charge in [-0.3, -0.25) is 0 Å². The highest BCUT2D eigenvalue weighted by Crippen LogP contribution is 2.39. The van der Waals surface area contributed by atoms with Crippen LogP contribution in [0.3, 0.4) is 0 Å². The Bertz CT molecular complexity index is 397. The summed E-state index contributed by atoms with van der Waals surface area (Å²) in [6, 6.07) is 6.19. The van der Waals surface area contributed by atoms with Crippen LogP contribution >= 0.6 is 11.6 Å². The number of hydrogen-bond acceptors (Lipinski definition) is 2. The molecule has 2 nitrogen and oxygen atoms in total. The highest BCUT2D eigenvalue weighted by atomic mass is 35.5. The summed E-state index contributed by atoms with van der Waals surface area (Å²) in [7, 11) is 0. The molecule has 1 spiro atoms. The molecule has 1 saturated heterocycles. The number of benzene rings is 1. The normalized spacial score (nSPS) is 22.6. The van der Waals surface area contributed by atoms with E-state index in [0.717, 1.165) is 24.7 Å². The van der Waals surface area contributed by atoms with Gasteiger partial charge in [0.25, 0.3) is 0 Å². The topological polar surface area (TPSA) is 24.1 Å². The lowest BCUT2D eigenvalue weighted by Gasteiger charge is -2.42. The Kier molecular flexibility index (Phi) is 2.56. The van der Waals surface area contributed by atoms with Gasteiger partial charge in [0, 0.05) is 17.3 Å². The van der Waals surface area contributed by atoms with Gasteiger partial charge in [-0.15, -0.1) is 0 Å². The van der Waals surface area contributed by atoms with E-state index in [2.05, 4.69) is 22.8 Å². The number of piperidine rings is 1. The van der Waals surface area contributed by atoms with Crippen molar-refractivity contribution in [3.05, 3.63) is 28.8 Å². The molecule has 2 heterocycles. The highest BCUT2D eigenvalue weighted by Gasteiger charge is 2.35. The van der Waals surface area contributed by atoms with Gasteiger partial charge < -0.3 is 10.6 Å². The molecule has 0 saturated carbocycles. The quantitative estimate of drug-likeness (QED) is 0.724. The minimum Gasteiger partial charge on any atom is -0.384 e. The minimum absolute atomic E-state index is 0.461. The lowest BCUT2D eigenvalue weighted by Crippen LogP contribution is -2.44. The molecule has 2 aliphatic rings. The van der Waals surface area contributed by atoms with Crippen molar-refractivity contribution in [1.82, 2.24) is 5.32 Å². The zero-order chi connectivity index (χ0) is 11.0. The second kappa shape index (κ2) is 3.94. The third kappa shape index (κ3) is 1.80. The summed E-state index contributed by atoms with van der Waals surface area (Å²) in [5.41, 5.74) is 3.12. The van der Waals surface area contributed by atoms with Crippen molar-refractivity contribution in [3.63, 3.8) is 0 Å². The van der Waals surface area contributed by atoms with Gasteiger partial charge in [0.15, 0.2) is 0 Å². The van der Waals surface area contributed by atoms with Crippen LogP contribution in [0.5, 0.6) is 0 Å². The van der Waals surface area contributed by atoms with E-state index < -0.39 is 0 Å². The van der Waals surface area contributed by atoms with Crippen LogP contribution < -0.4 is 10.6 Å². The van der Waals surface area contributed by atoms with Gasteiger partial charge >= 0.3 is 0 Å². The summed E-state index contributed by atoms with van der Waals surface area (Å²) in [6.45, 7) is 3.42. The summed E-state index contributed by atoms with van der Waals surface area (Å²) < 4.78 is 0. The fourth-order valence-corrected chi connectivity index (χ4v) is 3.14. The van der Waals surface area contributed by atoms with Crippen molar-refractivity contribution in [3.8, 4) is 0 Å². The van der Waals surface area contributed by atoms with Crippen LogP contribution in [0.15, 0.2) is 18.2 Å². The van der Waals surface area contributed by atoms with Gasteiger partial charge in [-0.25, -0.2) is 0 Å². The second-order valence-electron chi connectivity index (χ2n) is 5.08. The largest absolute Gasteiger partial charge is 0.384 e. The molecule has 1 aromatic carbocycles. The molecular formula is C13H17ClN2. The predicted molar refractivity (Wildman–Crippen MR) is 68.2 cm³/mol. The molecule has 3 heteroatoms. The van der Waals surface area contributed by atoms with Crippen LogP contribution in [0, 0.1) is 5.41 Å². The van der Waals surface area contributed by atoms with Gasteiger partial charge in [0.2, 0.25) is 0 Å². The number of nitrogens with one attached hydrogen (secondary N) is 2. The maximum atomic E-state index is 6.06. The smallest absolute Gasteiger partial charge is 0.0410 e. The third-order valence-corrected chi connectivity index (χ3v) is 4.19. The second-order valence-corrected chi connectivity index (χ2v) is 5.52. The third-order valence-electron chi connectivity index (χ3n) is 3.95. The Morgan fingerprint density at radius 3 is 2.81 bits per heavy atom. The highest BCUT2D eigenvalue weighted by molar-refractivity contribution is 6.30. The lowest BCUT2D eigenvalue weighted by molar-refractivity contribution is 0.212. The lowest BCUT2D eigenvalue weighted by atomic mass is 9.72. The van der Waals surface area contributed by atoms with E-state index >= 15 is 0 Å². The molecule has 0 atom stereocenters. The maximum absolute atomic E-state index is 6.06. The summed E-state index contributed by atoms with van der Waals surface area (Å²) in [5, 5.41) is 7.86. The minimum atomic E-state index is 0.461. The molecule has 0 unspecified atom stereocenters. The Morgan fingerprint density at radius 1 is 1.19 bits per heavy atom. The molecule has 86 valence electrons. The number of fused-ring (bicyclic) bond motifs is 1. The van der Waals surface area contributed by atoms with E-state index in [0.29, 0.717) is 5.41 Å². The fourth-order valence-electron chi connectivity index (χ4n) is 2.94. The standard InChI is InChI=1S/C13H17ClN2/c14-11-1-2-12-10(7-11)8-13(9-16-12)3-5-15-6-4-13/h1-2,7,15-16H,3-6,8-9H2. The van der Waals surface area contributed by atoms with E-state index in [1.807, 2.05) is 6.07 Å². The van der Waals surface area contributed by atoms with Gasteiger partial charge in [-0.05, 0) is 61.5 Å². The Labute approximate surface area is 101 Å². The number of rotatable bonds is 0. The molecule has 2 N–H and O–H groups in total. The molecule has 0 bridgehead atoms. The van der Waals surface area contributed by atoms with Gasteiger partial charge in [-0.2, -0.15) is 0 Å². The van der Waals surface area contributed by atoms with Crippen LogP contribution in [0.25, 0.3) is 0 Å². The zero-order valence-corrected chi connectivity index (χ0v) is 10.1. The van der Waals surface area contributed by atoms with Crippen molar-refractivity contribution >= 4 is 17.3 Å². The molecule has 0 radical (unpaired) electrons. The maximum Gasteiger partial charge on any atom is 0.0410 e. The van der Waals surface area contributed by atoms with E-state index in [-0.39, 0.29) is 0 Å². The first kappa shape index (κ1) is 10.4. The van der Waals surface area contributed by atoms with E-state index in [1.165, 1.54) is 30.5 Å². The first-order chi connectivity index (χ1) is 7.77. The van der Waals surface area contributed by atoms with E-state index in [9.17, 15) is 0 Å². The fraction of sp³-hybridized carbons (Fsp3) is 0.538. The molecule has 0 aromatic heterocycles. The molecule has 1 fully saturated rings. The van der Waals surface area contributed by atoms with Crippen molar-refractivity contribution in [2.45, 2.75) is 19.3 Å². The summed E-state index contributed by atoms with van der Waals surface area (Å²) in [6.07, 6.45) is 3.72. The summed E-state index contributed by atoms with van der Waals surface area (Å²) in [4.78, 5) is 0. The van der Waals surface area contributed by atoms with E-state index in [4.69, 9.17) is 11.6 Å². The average molecular weight is 237 g/mol. The van der Waals surface area contributed by atoms with Gasteiger partial charge in [0.1, 0.15) is 0 Å². The van der Waals surface area contributed by atoms with Crippen molar-refractivity contribution in [2.24, 2.45) is 5.41 Å². The molecule has 3 rings (SSSR count). The number of hydrogen-bond donors (Lipinski definition) is 2. The van der Waals surface area contributed by atoms with Crippen molar-refractivity contribution in [1.29, 1.82) is 0 Å². The first-order valence-corrected chi connectivity index (χ1v) is 6.38. The van der Waals surface area contributed by atoms with Gasteiger partial charge in [-0.1, -0.05) is 11.6 Å².